The largest absolute Gasteiger partial charge is 0.367 e. The molecule has 0 unspecified atom stereocenters. The second kappa shape index (κ2) is 2.91. The fraction of sp³-hybridized carbons (Fsp3) is 0. The lowest BCUT2D eigenvalue weighted by molar-refractivity contribution is 0.473. The molecule has 0 aliphatic rings. The Balaban J connectivity index is 3.03. The summed E-state index contributed by atoms with van der Waals surface area (Å²) in [6, 6.07) is 6.35. The van der Waals surface area contributed by atoms with Gasteiger partial charge in [0.1, 0.15) is 0 Å². The average Bonchev–Trinajstić information content (AvgIpc) is 2.38. The molecule has 2 rings (SSSR count). The molecule has 1 heterocycles. The Bertz CT molecular complexity index is 637. The minimum atomic E-state index is -4.50. The number of nitrogens with zero attached hydrogens (tertiary/aromatic N) is 1. The summed E-state index contributed by atoms with van der Waals surface area (Å²) in [5.74, 6) is 0. The predicted octanol–water partition coefficient (Wildman–Crippen LogP) is 0.714. The zero-order valence-corrected chi connectivity index (χ0v) is 8.38. The Hall–Kier alpha value is -1.18. The third-order valence-electron chi connectivity index (χ3n) is 1.68. The molecule has 0 atom stereocenters. The van der Waals surface area contributed by atoms with E-state index >= 15 is 0 Å². The summed E-state index contributed by atoms with van der Waals surface area (Å²) in [7, 11) is -4.50. The molecule has 5 nitrogen and oxygen atoms in total. The van der Waals surface area contributed by atoms with E-state index in [2.05, 4.69) is 0 Å². The van der Waals surface area contributed by atoms with Crippen LogP contribution in [0.3, 0.4) is 0 Å². The molecule has 0 radical (unpaired) electrons. The monoisotopic (exact) mass is 231 g/mol. The van der Waals surface area contributed by atoms with Gasteiger partial charge in [0.05, 0.1) is 10.2 Å². The second-order valence-corrected chi connectivity index (χ2v) is 4.83. The van der Waals surface area contributed by atoms with Crippen LogP contribution in [0.5, 0.6) is 0 Å². The molecule has 0 spiro atoms. The maximum absolute atomic E-state index is 11.2. The van der Waals surface area contributed by atoms with E-state index in [0.717, 1.165) is 11.3 Å². The highest BCUT2D eigenvalue weighted by atomic mass is 32.2. The number of benzene rings is 1. The van der Waals surface area contributed by atoms with E-state index < -0.39 is 15.2 Å². The van der Waals surface area contributed by atoms with Crippen molar-refractivity contribution < 1.29 is 13.0 Å². The van der Waals surface area contributed by atoms with E-state index in [1.165, 1.54) is 6.07 Å². The lowest BCUT2D eigenvalue weighted by Gasteiger charge is -1.96. The molecule has 0 aliphatic carbocycles. The van der Waals surface area contributed by atoms with E-state index in [-0.39, 0.29) is 5.52 Å². The first-order chi connectivity index (χ1) is 6.50. The third kappa shape index (κ3) is 1.35. The lowest BCUT2D eigenvalue weighted by Crippen LogP contribution is -2.21. The van der Waals surface area contributed by atoms with Gasteiger partial charge in [-0.1, -0.05) is 23.5 Å². The molecule has 0 fully saturated rings. The zero-order valence-electron chi connectivity index (χ0n) is 6.75. The van der Waals surface area contributed by atoms with E-state index in [1.807, 2.05) is 0 Å². The van der Waals surface area contributed by atoms with Gasteiger partial charge in [0.25, 0.3) is 0 Å². The lowest BCUT2D eigenvalue weighted by atomic mass is 10.3. The Labute approximate surface area is 83.1 Å². The van der Waals surface area contributed by atoms with Gasteiger partial charge in [-0.3, -0.25) is 9.35 Å². The van der Waals surface area contributed by atoms with Gasteiger partial charge in [0.15, 0.2) is 0 Å². The van der Waals surface area contributed by atoms with Gasteiger partial charge in [0, 0.05) is 0 Å². The van der Waals surface area contributed by atoms with Crippen LogP contribution >= 0.6 is 11.3 Å². The van der Waals surface area contributed by atoms with E-state index in [4.69, 9.17) is 4.55 Å². The third-order valence-corrected chi connectivity index (χ3v) is 3.54. The van der Waals surface area contributed by atoms with Gasteiger partial charge in [-0.2, -0.15) is 12.4 Å². The zero-order chi connectivity index (χ0) is 10.3. The van der Waals surface area contributed by atoms with Crippen molar-refractivity contribution in [3.05, 3.63) is 33.9 Å². The molecular weight excluding hydrogens is 226 g/mol. The molecule has 14 heavy (non-hydrogen) atoms. The SMILES string of the molecule is O=c1sc2ccccc2n1S(=O)(=O)O. The van der Waals surface area contributed by atoms with Crippen molar-refractivity contribution in [2.24, 2.45) is 0 Å². The fourth-order valence-electron chi connectivity index (χ4n) is 1.16. The predicted molar refractivity (Wildman–Crippen MR) is 53.0 cm³/mol. The number of rotatable bonds is 1. The Morgan fingerprint density at radius 2 is 1.93 bits per heavy atom. The first-order valence-electron chi connectivity index (χ1n) is 3.59. The fourth-order valence-corrected chi connectivity index (χ4v) is 2.99. The summed E-state index contributed by atoms with van der Waals surface area (Å²) >= 11 is 0.774. The Morgan fingerprint density at radius 1 is 1.29 bits per heavy atom. The van der Waals surface area contributed by atoms with Crippen molar-refractivity contribution >= 4 is 31.9 Å². The van der Waals surface area contributed by atoms with Crippen LogP contribution in [0.2, 0.25) is 0 Å². The summed E-state index contributed by atoms with van der Waals surface area (Å²) in [5.41, 5.74) is 0.199. The minimum Gasteiger partial charge on any atom is -0.269 e. The quantitative estimate of drug-likeness (QED) is 0.733. The molecule has 1 N–H and O–H groups in total. The topological polar surface area (TPSA) is 76.4 Å². The van der Waals surface area contributed by atoms with Crippen LogP contribution in [0.15, 0.2) is 29.1 Å². The summed E-state index contributed by atoms with van der Waals surface area (Å²) < 4.78 is 31.4. The van der Waals surface area contributed by atoms with Gasteiger partial charge < -0.3 is 0 Å². The highest BCUT2D eigenvalue weighted by Crippen LogP contribution is 2.17. The van der Waals surface area contributed by atoms with Crippen LogP contribution in [0.4, 0.5) is 0 Å². The molecule has 1 aromatic carbocycles. The maximum atomic E-state index is 11.2. The van der Waals surface area contributed by atoms with Crippen molar-refractivity contribution in [1.82, 2.24) is 3.97 Å². The first kappa shape index (κ1) is 9.38. The van der Waals surface area contributed by atoms with Crippen LogP contribution in [0.25, 0.3) is 10.2 Å². The van der Waals surface area contributed by atoms with Gasteiger partial charge in [-0.05, 0) is 12.1 Å². The van der Waals surface area contributed by atoms with Crippen LogP contribution in [0, 0.1) is 0 Å². The van der Waals surface area contributed by atoms with Gasteiger partial charge in [0.2, 0.25) is 0 Å². The van der Waals surface area contributed by atoms with E-state index in [0.29, 0.717) is 8.67 Å². The van der Waals surface area contributed by atoms with Crippen molar-refractivity contribution in [3.8, 4) is 0 Å². The molecule has 0 saturated heterocycles. The summed E-state index contributed by atoms with van der Waals surface area (Å²) in [5, 5.41) is 0. The summed E-state index contributed by atoms with van der Waals surface area (Å²) in [4.78, 5) is 10.5. The Kier molecular flexibility index (Phi) is 1.95. The van der Waals surface area contributed by atoms with Crippen molar-refractivity contribution in [3.63, 3.8) is 0 Å². The highest BCUT2D eigenvalue weighted by Gasteiger charge is 2.16. The normalized spacial score (nSPS) is 12.1. The molecule has 0 saturated carbocycles. The minimum absolute atomic E-state index is 0.199. The maximum Gasteiger partial charge on any atom is 0.367 e. The van der Waals surface area contributed by atoms with Crippen LogP contribution in [0.1, 0.15) is 0 Å². The molecule has 74 valence electrons. The average molecular weight is 231 g/mol. The van der Waals surface area contributed by atoms with E-state index in [1.54, 1.807) is 18.2 Å². The Morgan fingerprint density at radius 3 is 2.57 bits per heavy atom. The summed E-state index contributed by atoms with van der Waals surface area (Å²) in [6.07, 6.45) is 0. The first-order valence-corrected chi connectivity index (χ1v) is 5.80. The van der Waals surface area contributed by atoms with Crippen molar-refractivity contribution in [2.75, 3.05) is 0 Å². The molecule has 0 amide bonds. The van der Waals surface area contributed by atoms with Crippen molar-refractivity contribution in [2.45, 2.75) is 0 Å². The number of fused-ring (bicyclic) bond motifs is 1. The van der Waals surface area contributed by atoms with Crippen molar-refractivity contribution in [1.29, 1.82) is 0 Å². The molecule has 1 aromatic heterocycles. The molecule has 0 aliphatic heterocycles. The van der Waals surface area contributed by atoms with E-state index in [9.17, 15) is 13.2 Å². The molecular formula is C7H5NO4S2. The van der Waals surface area contributed by atoms with Gasteiger partial charge in [-0.15, -0.1) is 0 Å². The van der Waals surface area contributed by atoms with Crippen LogP contribution < -0.4 is 4.87 Å². The molecule has 7 heteroatoms. The highest BCUT2D eigenvalue weighted by molar-refractivity contribution is 7.84. The van der Waals surface area contributed by atoms with Crippen LogP contribution in [-0.2, 0) is 10.3 Å². The second-order valence-electron chi connectivity index (χ2n) is 2.58. The number of para-hydroxylation sites is 1. The number of aromatic nitrogens is 1. The van der Waals surface area contributed by atoms with Crippen LogP contribution in [-0.4, -0.2) is 16.9 Å². The smallest absolute Gasteiger partial charge is 0.269 e. The molecule has 2 aromatic rings. The standard InChI is InChI=1S/C7H5NO4S2/c9-7-8(14(10,11)12)5-3-1-2-4-6(5)13-7/h1-4H,(H,10,11,12). The van der Waals surface area contributed by atoms with Gasteiger partial charge in [-0.25, -0.2) is 0 Å². The molecule has 0 bridgehead atoms. The number of hydrogen-bond acceptors (Lipinski definition) is 4. The van der Waals surface area contributed by atoms with Gasteiger partial charge >= 0.3 is 15.2 Å². The number of hydrogen-bond donors (Lipinski definition) is 1. The summed E-state index contributed by atoms with van der Waals surface area (Å²) in [6.45, 7) is 0. The number of thiazole rings is 1.